The Morgan fingerprint density at radius 1 is 1.19 bits per heavy atom. The molecule has 0 spiro atoms. The molecule has 3 heterocycles. The van der Waals surface area contributed by atoms with E-state index in [2.05, 4.69) is 20.3 Å². The number of carbonyl (C=O) groups excluding carboxylic acids is 1. The van der Waals surface area contributed by atoms with Crippen molar-refractivity contribution in [1.82, 2.24) is 29.9 Å². The maximum Gasteiger partial charge on any atom is 0.223 e. The standard InChI is InChI=1S/C17H30N6O.2ClH/c1-14-19-15(2)23(20-14)13-16-4-3-8-21(12-16)9-5-17(24)22-10-6-18-7-11-22;;/h16,18H,3-13H2,1-2H3;2*1H. The van der Waals surface area contributed by atoms with Gasteiger partial charge in [-0.05, 0) is 39.2 Å². The van der Waals surface area contributed by atoms with Gasteiger partial charge in [0.1, 0.15) is 11.6 Å². The van der Waals surface area contributed by atoms with Crippen molar-refractivity contribution >= 4 is 30.7 Å². The third-order valence-corrected chi connectivity index (χ3v) is 5.11. The van der Waals surface area contributed by atoms with Crippen LogP contribution in [0.4, 0.5) is 0 Å². The van der Waals surface area contributed by atoms with E-state index in [4.69, 9.17) is 0 Å². The predicted molar refractivity (Wildman–Crippen MR) is 107 cm³/mol. The highest BCUT2D eigenvalue weighted by molar-refractivity contribution is 5.85. The fourth-order valence-electron chi connectivity index (χ4n) is 3.81. The highest BCUT2D eigenvalue weighted by atomic mass is 35.5. The first-order valence-corrected chi connectivity index (χ1v) is 9.20. The fraction of sp³-hybridized carbons (Fsp3) is 0.824. The Bertz CT molecular complexity index is 561. The number of aryl methyl sites for hydroxylation is 2. The summed E-state index contributed by atoms with van der Waals surface area (Å²) < 4.78 is 2.04. The van der Waals surface area contributed by atoms with E-state index >= 15 is 0 Å². The summed E-state index contributed by atoms with van der Waals surface area (Å²) in [5.74, 6) is 2.76. The lowest BCUT2D eigenvalue weighted by atomic mass is 9.98. The van der Waals surface area contributed by atoms with Gasteiger partial charge in [0, 0.05) is 52.2 Å². The molecule has 1 amide bonds. The Labute approximate surface area is 168 Å². The maximum atomic E-state index is 12.3. The fourth-order valence-corrected chi connectivity index (χ4v) is 3.81. The molecule has 2 aliphatic heterocycles. The van der Waals surface area contributed by atoms with Gasteiger partial charge in [0.2, 0.25) is 5.91 Å². The summed E-state index contributed by atoms with van der Waals surface area (Å²) in [4.78, 5) is 21.2. The van der Waals surface area contributed by atoms with Crippen LogP contribution in [-0.4, -0.2) is 76.3 Å². The molecule has 1 unspecified atom stereocenters. The Balaban J connectivity index is 0.00000169. The van der Waals surface area contributed by atoms with Crippen molar-refractivity contribution in [2.45, 2.75) is 39.7 Å². The zero-order valence-electron chi connectivity index (χ0n) is 15.8. The van der Waals surface area contributed by atoms with Gasteiger partial charge in [0.05, 0.1) is 0 Å². The minimum atomic E-state index is 0. The number of piperidine rings is 1. The number of halogens is 2. The van der Waals surface area contributed by atoms with Gasteiger partial charge < -0.3 is 15.1 Å². The monoisotopic (exact) mass is 406 g/mol. The topological polar surface area (TPSA) is 66.3 Å². The Hall–Kier alpha value is -0.890. The smallest absolute Gasteiger partial charge is 0.223 e. The lowest BCUT2D eigenvalue weighted by Gasteiger charge is -2.33. The average Bonchev–Trinajstić information content (AvgIpc) is 2.91. The van der Waals surface area contributed by atoms with Crippen LogP contribution in [0.15, 0.2) is 0 Å². The molecule has 1 aromatic rings. The molecule has 2 saturated heterocycles. The van der Waals surface area contributed by atoms with Crippen LogP contribution in [0.2, 0.25) is 0 Å². The normalized spacial score (nSPS) is 21.0. The molecule has 2 aliphatic rings. The van der Waals surface area contributed by atoms with Crippen LogP contribution in [0.25, 0.3) is 0 Å². The number of amides is 1. The van der Waals surface area contributed by atoms with Crippen LogP contribution in [0.1, 0.15) is 30.9 Å². The van der Waals surface area contributed by atoms with E-state index in [0.717, 1.165) is 64.0 Å². The van der Waals surface area contributed by atoms with Gasteiger partial charge >= 0.3 is 0 Å². The van der Waals surface area contributed by atoms with Crippen LogP contribution in [0.3, 0.4) is 0 Å². The molecule has 0 radical (unpaired) electrons. The van der Waals surface area contributed by atoms with Gasteiger partial charge in [-0.25, -0.2) is 9.67 Å². The SMILES string of the molecule is Cc1nc(C)n(CC2CCCN(CCC(=O)N3CCNCC3)C2)n1.Cl.Cl. The molecule has 0 aromatic carbocycles. The number of rotatable bonds is 5. The van der Waals surface area contributed by atoms with Crippen molar-refractivity contribution in [2.24, 2.45) is 5.92 Å². The second-order valence-electron chi connectivity index (χ2n) is 7.08. The number of nitrogens with zero attached hydrogens (tertiary/aromatic N) is 5. The Morgan fingerprint density at radius 2 is 1.92 bits per heavy atom. The minimum Gasteiger partial charge on any atom is -0.340 e. The predicted octanol–water partition coefficient (Wildman–Crippen LogP) is 1.27. The third kappa shape index (κ3) is 6.37. The molecule has 150 valence electrons. The third-order valence-electron chi connectivity index (χ3n) is 5.11. The molecular weight excluding hydrogens is 375 g/mol. The Morgan fingerprint density at radius 3 is 2.58 bits per heavy atom. The van der Waals surface area contributed by atoms with Gasteiger partial charge in [0.25, 0.3) is 0 Å². The number of aromatic nitrogens is 3. The van der Waals surface area contributed by atoms with Gasteiger partial charge in [-0.1, -0.05) is 0 Å². The summed E-state index contributed by atoms with van der Waals surface area (Å²) in [5, 5.41) is 7.78. The number of hydrogen-bond donors (Lipinski definition) is 1. The van der Waals surface area contributed by atoms with Crippen molar-refractivity contribution in [3.63, 3.8) is 0 Å². The number of hydrogen-bond acceptors (Lipinski definition) is 5. The molecule has 1 atom stereocenters. The van der Waals surface area contributed by atoms with Crippen LogP contribution < -0.4 is 5.32 Å². The molecule has 1 N–H and O–H groups in total. The molecule has 0 bridgehead atoms. The summed E-state index contributed by atoms with van der Waals surface area (Å²) in [6, 6.07) is 0. The van der Waals surface area contributed by atoms with E-state index in [1.807, 2.05) is 23.4 Å². The highest BCUT2D eigenvalue weighted by Crippen LogP contribution is 2.19. The largest absolute Gasteiger partial charge is 0.340 e. The summed E-state index contributed by atoms with van der Waals surface area (Å²) in [6.45, 7) is 11.5. The van der Waals surface area contributed by atoms with Gasteiger partial charge in [-0.3, -0.25) is 4.79 Å². The summed E-state index contributed by atoms with van der Waals surface area (Å²) in [6.07, 6.45) is 3.09. The van der Waals surface area contributed by atoms with Crippen LogP contribution >= 0.6 is 24.8 Å². The minimum absolute atomic E-state index is 0. The van der Waals surface area contributed by atoms with Crippen molar-refractivity contribution in [1.29, 1.82) is 0 Å². The lowest BCUT2D eigenvalue weighted by molar-refractivity contribution is -0.132. The summed E-state index contributed by atoms with van der Waals surface area (Å²) in [7, 11) is 0. The van der Waals surface area contributed by atoms with Crippen molar-refractivity contribution in [2.75, 3.05) is 45.8 Å². The quantitative estimate of drug-likeness (QED) is 0.797. The number of nitrogens with one attached hydrogen (secondary N) is 1. The molecule has 26 heavy (non-hydrogen) atoms. The van der Waals surface area contributed by atoms with E-state index < -0.39 is 0 Å². The zero-order valence-corrected chi connectivity index (χ0v) is 17.4. The maximum absolute atomic E-state index is 12.3. The van der Waals surface area contributed by atoms with E-state index in [1.54, 1.807) is 0 Å². The van der Waals surface area contributed by atoms with Gasteiger partial charge in [-0.2, -0.15) is 5.10 Å². The van der Waals surface area contributed by atoms with Crippen molar-refractivity contribution in [3.05, 3.63) is 11.6 Å². The number of likely N-dealkylation sites (tertiary alicyclic amines) is 1. The molecule has 3 rings (SSSR count). The molecule has 2 fully saturated rings. The zero-order chi connectivity index (χ0) is 16.9. The Kier molecular flexibility index (Phi) is 9.85. The van der Waals surface area contributed by atoms with Crippen LogP contribution in [-0.2, 0) is 11.3 Å². The second kappa shape index (κ2) is 11.1. The second-order valence-corrected chi connectivity index (χ2v) is 7.08. The number of piperazine rings is 1. The first-order chi connectivity index (χ1) is 11.6. The number of carbonyl (C=O) groups is 1. The van der Waals surface area contributed by atoms with Crippen LogP contribution in [0.5, 0.6) is 0 Å². The summed E-state index contributed by atoms with van der Waals surface area (Å²) >= 11 is 0. The van der Waals surface area contributed by atoms with Gasteiger partial charge in [-0.15, -0.1) is 24.8 Å². The molecule has 0 aliphatic carbocycles. The first-order valence-electron chi connectivity index (χ1n) is 9.20. The first kappa shape index (κ1) is 23.1. The molecule has 0 saturated carbocycles. The van der Waals surface area contributed by atoms with E-state index in [-0.39, 0.29) is 24.8 Å². The van der Waals surface area contributed by atoms with Gasteiger partial charge in [0.15, 0.2) is 0 Å². The molecule has 9 heteroatoms. The highest BCUT2D eigenvalue weighted by Gasteiger charge is 2.23. The molecular formula is C17H32Cl2N6O. The van der Waals surface area contributed by atoms with E-state index in [9.17, 15) is 4.79 Å². The summed E-state index contributed by atoms with van der Waals surface area (Å²) in [5.41, 5.74) is 0. The van der Waals surface area contributed by atoms with E-state index in [1.165, 1.54) is 12.8 Å². The van der Waals surface area contributed by atoms with Crippen molar-refractivity contribution in [3.8, 4) is 0 Å². The van der Waals surface area contributed by atoms with E-state index in [0.29, 0.717) is 18.2 Å². The molecule has 7 nitrogen and oxygen atoms in total. The average molecular weight is 407 g/mol. The van der Waals surface area contributed by atoms with Crippen molar-refractivity contribution < 1.29 is 4.79 Å². The molecule has 1 aromatic heterocycles. The lowest BCUT2D eigenvalue weighted by Crippen LogP contribution is -2.47. The van der Waals surface area contributed by atoms with Crippen LogP contribution in [0, 0.1) is 19.8 Å².